The average Bonchev–Trinajstić information content (AvgIpc) is 3.28. The quantitative estimate of drug-likeness (QED) is 0.715. The molecule has 1 saturated heterocycles. The summed E-state index contributed by atoms with van der Waals surface area (Å²) in [6, 6.07) is 12.5. The van der Waals surface area contributed by atoms with E-state index >= 15 is 0 Å². The van der Waals surface area contributed by atoms with E-state index < -0.39 is 11.2 Å². The van der Waals surface area contributed by atoms with Crippen molar-refractivity contribution in [3.05, 3.63) is 83.7 Å². The number of hydrogen-bond donors (Lipinski definition) is 1. The summed E-state index contributed by atoms with van der Waals surface area (Å²) in [5, 5.41) is 6.93. The molecule has 0 atom stereocenters. The SMILES string of the molecule is O=C(NCC1(c2ccccc2F)CCOCC1)c1ccc(F)c(-n2cccn2)c1. The van der Waals surface area contributed by atoms with Crippen molar-refractivity contribution in [3.63, 3.8) is 0 Å². The molecule has 0 saturated carbocycles. The molecule has 0 bridgehead atoms. The van der Waals surface area contributed by atoms with Crippen LogP contribution in [0.3, 0.4) is 0 Å². The van der Waals surface area contributed by atoms with Gasteiger partial charge in [-0.25, -0.2) is 13.5 Å². The highest BCUT2D eigenvalue weighted by molar-refractivity contribution is 5.94. The lowest BCUT2D eigenvalue weighted by molar-refractivity contribution is 0.0475. The average molecular weight is 397 g/mol. The Morgan fingerprint density at radius 1 is 1.10 bits per heavy atom. The maximum Gasteiger partial charge on any atom is 0.251 e. The van der Waals surface area contributed by atoms with E-state index in [-0.39, 0.29) is 24.0 Å². The van der Waals surface area contributed by atoms with Crippen molar-refractivity contribution in [2.75, 3.05) is 19.8 Å². The molecule has 2 aromatic carbocycles. The number of benzene rings is 2. The molecule has 1 fully saturated rings. The van der Waals surface area contributed by atoms with E-state index in [9.17, 15) is 13.6 Å². The number of nitrogens with one attached hydrogen (secondary N) is 1. The molecule has 29 heavy (non-hydrogen) atoms. The van der Waals surface area contributed by atoms with Gasteiger partial charge in [0.05, 0.1) is 0 Å². The fourth-order valence-electron chi connectivity index (χ4n) is 3.79. The lowest BCUT2D eigenvalue weighted by atomic mass is 9.73. The van der Waals surface area contributed by atoms with Crippen LogP contribution >= 0.6 is 0 Å². The predicted molar refractivity (Wildman–Crippen MR) is 104 cm³/mol. The number of ether oxygens (including phenoxy) is 1. The summed E-state index contributed by atoms with van der Waals surface area (Å²) < 4.78 is 35.5. The third-order valence-electron chi connectivity index (χ3n) is 5.44. The van der Waals surface area contributed by atoms with Crippen molar-refractivity contribution in [3.8, 4) is 5.69 Å². The topological polar surface area (TPSA) is 56.1 Å². The number of carbonyl (C=O) groups is 1. The third-order valence-corrected chi connectivity index (χ3v) is 5.44. The molecule has 0 unspecified atom stereocenters. The number of halogens is 2. The largest absolute Gasteiger partial charge is 0.381 e. The molecule has 0 spiro atoms. The Hall–Kier alpha value is -3.06. The maximum atomic E-state index is 14.5. The Labute approximate surface area is 167 Å². The molecular weight excluding hydrogens is 376 g/mol. The number of carbonyl (C=O) groups excluding carboxylic acids is 1. The molecule has 150 valence electrons. The van der Waals surface area contributed by atoms with Gasteiger partial charge < -0.3 is 10.1 Å². The lowest BCUT2D eigenvalue weighted by Crippen LogP contribution is -2.45. The molecule has 0 aliphatic carbocycles. The molecule has 1 aliphatic heterocycles. The van der Waals surface area contributed by atoms with Crippen LogP contribution in [-0.4, -0.2) is 35.4 Å². The van der Waals surface area contributed by atoms with Crippen LogP contribution in [0.2, 0.25) is 0 Å². The van der Waals surface area contributed by atoms with Crippen LogP contribution < -0.4 is 5.32 Å². The molecule has 1 N–H and O–H groups in total. The van der Waals surface area contributed by atoms with E-state index in [1.807, 2.05) is 0 Å². The number of rotatable bonds is 5. The third kappa shape index (κ3) is 3.91. The van der Waals surface area contributed by atoms with Crippen LogP contribution in [0, 0.1) is 11.6 Å². The summed E-state index contributed by atoms with van der Waals surface area (Å²) in [5.41, 5.74) is 0.550. The molecule has 0 radical (unpaired) electrons. The van der Waals surface area contributed by atoms with Gasteiger partial charge in [-0.3, -0.25) is 4.79 Å². The molecule has 5 nitrogen and oxygen atoms in total. The first kappa shape index (κ1) is 19.3. The highest BCUT2D eigenvalue weighted by Crippen LogP contribution is 2.35. The van der Waals surface area contributed by atoms with Gasteiger partial charge in [0.1, 0.15) is 17.3 Å². The van der Waals surface area contributed by atoms with E-state index in [0.717, 1.165) is 0 Å². The van der Waals surface area contributed by atoms with Crippen LogP contribution in [0.1, 0.15) is 28.8 Å². The van der Waals surface area contributed by atoms with Crippen LogP contribution in [0.25, 0.3) is 5.69 Å². The Kier molecular flexibility index (Phi) is 5.40. The van der Waals surface area contributed by atoms with Crippen molar-refractivity contribution >= 4 is 5.91 Å². The van der Waals surface area contributed by atoms with Gasteiger partial charge in [-0.2, -0.15) is 5.10 Å². The molecule has 3 aromatic rings. The van der Waals surface area contributed by atoms with Crippen LogP contribution in [0.15, 0.2) is 60.9 Å². The minimum atomic E-state index is -0.538. The number of aromatic nitrogens is 2. The van der Waals surface area contributed by atoms with Crippen molar-refractivity contribution in [2.24, 2.45) is 0 Å². The normalized spacial score (nSPS) is 15.8. The highest BCUT2D eigenvalue weighted by atomic mass is 19.1. The number of hydrogen-bond acceptors (Lipinski definition) is 3. The van der Waals surface area contributed by atoms with E-state index in [1.54, 1.807) is 30.5 Å². The second-order valence-electron chi connectivity index (χ2n) is 7.17. The summed E-state index contributed by atoms with van der Waals surface area (Å²) in [6.45, 7) is 1.28. The van der Waals surface area contributed by atoms with E-state index in [1.165, 1.54) is 35.1 Å². The van der Waals surface area contributed by atoms with Crippen molar-refractivity contribution in [2.45, 2.75) is 18.3 Å². The van der Waals surface area contributed by atoms with E-state index in [4.69, 9.17) is 4.74 Å². The summed E-state index contributed by atoms with van der Waals surface area (Å²) in [4.78, 5) is 12.8. The maximum absolute atomic E-state index is 14.5. The minimum Gasteiger partial charge on any atom is -0.381 e. The highest BCUT2D eigenvalue weighted by Gasteiger charge is 2.37. The zero-order valence-electron chi connectivity index (χ0n) is 15.8. The monoisotopic (exact) mass is 397 g/mol. The molecule has 1 amide bonds. The molecule has 4 rings (SSSR count). The van der Waals surface area contributed by atoms with Gasteiger partial charge in [-0.1, -0.05) is 18.2 Å². The number of amides is 1. The summed E-state index contributed by atoms with van der Waals surface area (Å²) in [5.74, 6) is -1.11. The van der Waals surface area contributed by atoms with Gasteiger partial charge in [0, 0.05) is 43.1 Å². The zero-order valence-corrected chi connectivity index (χ0v) is 15.8. The lowest BCUT2D eigenvalue weighted by Gasteiger charge is -2.38. The van der Waals surface area contributed by atoms with Gasteiger partial charge in [-0.05, 0) is 48.7 Å². The van der Waals surface area contributed by atoms with Crippen molar-refractivity contribution in [1.82, 2.24) is 15.1 Å². The second kappa shape index (κ2) is 8.13. The summed E-state index contributed by atoms with van der Waals surface area (Å²) in [6.07, 6.45) is 4.36. The summed E-state index contributed by atoms with van der Waals surface area (Å²) in [7, 11) is 0. The first-order valence-corrected chi connectivity index (χ1v) is 9.50. The fraction of sp³-hybridized carbons (Fsp3) is 0.273. The van der Waals surface area contributed by atoms with Crippen LogP contribution in [-0.2, 0) is 10.2 Å². The van der Waals surface area contributed by atoms with E-state index in [2.05, 4.69) is 10.4 Å². The van der Waals surface area contributed by atoms with Crippen molar-refractivity contribution < 1.29 is 18.3 Å². The van der Waals surface area contributed by atoms with E-state index in [0.29, 0.717) is 37.2 Å². The summed E-state index contributed by atoms with van der Waals surface area (Å²) >= 11 is 0. The first-order valence-electron chi connectivity index (χ1n) is 9.50. The van der Waals surface area contributed by atoms with Gasteiger partial charge in [-0.15, -0.1) is 0 Å². The standard InChI is InChI=1S/C22H21F2N3O2/c23-18-5-2-1-4-17(18)22(8-12-29-13-9-22)15-25-21(28)16-6-7-19(24)20(14-16)27-11-3-10-26-27/h1-7,10-11,14H,8-9,12-13,15H2,(H,25,28). The van der Waals surface area contributed by atoms with Gasteiger partial charge >= 0.3 is 0 Å². The van der Waals surface area contributed by atoms with Gasteiger partial charge in [0.2, 0.25) is 0 Å². The molecular formula is C22H21F2N3O2. The second-order valence-corrected chi connectivity index (χ2v) is 7.17. The smallest absolute Gasteiger partial charge is 0.251 e. The first-order chi connectivity index (χ1) is 14.1. The molecule has 7 heteroatoms. The van der Waals surface area contributed by atoms with Gasteiger partial charge in [0.25, 0.3) is 5.91 Å². The predicted octanol–water partition coefficient (Wildman–Crippen LogP) is 3.63. The zero-order chi connectivity index (χ0) is 20.3. The number of nitrogens with zero attached hydrogens (tertiary/aromatic N) is 2. The molecule has 1 aromatic heterocycles. The van der Waals surface area contributed by atoms with Crippen LogP contribution in [0.5, 0.6) is 0 Å². The van der Waals surface area contributed by atoms with Crippen molar-refractivity contribution in [1.29, 1.82) is 0 Å². The Morgan fingerprint density at radius 2 is 1.90 bits per heavy atom. The Bertz CT molecular complexity index is 999. The Morgan fingerprint density at radius 3 is 2.62 bits per heavy atom. The minimum absolute atomic E-state index is 0.192. The Balaban J connectivity index is 1.56. The molecule has 2 heterocycles. The van der Waals surface area contributed by atoms with Gasteiger partial charge in [0.15, 0.2) is 0 Å². The van der Waals surface area contributed by atoms with Crippen LogP contribution in [0.4, 0.5) is 8.78 Å². The fourth-order valence-corrected chi connectivity index (χ4v) is 3.79. The molecule has 1 aliphatic rings.